The summed E-state index contributed by atoms with van der Waals surface area (Å²) in [4.78, 5) is 29.3. The summed E-state index contributed by atoms with van der Waals surface area (Å²) in [6.45, 7) is 6.58. The molecule has 39 heavy (non-hydrogen) atoms. The zero-order chi connectivity index (χ0) is 28.1. The van der Waals surface area contributed by atoms with E-state index in [1.54, 1.807) is 36.5 Å². The van der Waals surface area contributed by atoms with Crippen molar-refractivity contribution < 1.29 is 19.4 Å². The molecule has 0 bridgehead atoms. The number of carbonyl (C=O) groups is 1. The van der Waals surface area contributed by atoms with Gasteiger partial charge in [-0.1, -0.05) is 41.9 Å². The Hall–Kier alpha value is -3.50. The molecular formula is C29H27Br2N3O5. The van der Waals surface area contributed by atoms with E-state index >= 15 is 0 Å². The summed E-state index contributed by atoms with van der Waals surface area (Å²) in [6, 6.07) is 15.5. The van der Waals surface area contributed by atoms with Gasteiger partial charge < -0.3 is 14.6 Å². The summed E-state index contributed by atoms with van der Waals surface area (Å²) in [6.07, 6.45) is 2.40. The Bertz CT molecular complexity index is 1600. The zero-order valence-corrected chi connectivity index (χ0v) is 24.8. The van der Waals surface area contributed by atoms with Crippen molar-refractivity contribution in [2.45, 2.75) is 39.7 Å². The molecule has 0 spiro atoms. The molecule has 4 aromatic rings. The average Bonchev–Trinajstić information content (AvgIpc) is 2.93. The van der Waals surface area contributed by atoms with Gasteiger partial charge in [-0.15, -0.1) is 0 Å². The molecule has 0 aliphatic heterocycles. The number of ether oxygens (including phenoxy) is 2. The first-order chi connectivity index (χ1) is 18.7. The van der Waals surface area contributed by atoms with Crippen molar-refractivity contribution in [2.75, 3.05) is 6.61 Å². The van der Waals surface area contributed by atoms with Crippen LogP contribution in [0, 0.1) is 0 Å². The normalized spacial score (nSPS) is 12.1. The fraction of sp³-hybridized carbons (Fsp3) is 0.241. The van der Waals surface area contributed by atoms with Gasteiger partial charge in [0, 0.05) is 20.4 Å². The molecule has 0 saturated carbocycles. The Labute approximate surface area is 242 Å². The molecule has 10 heteroatoms. The van der Waals surface area contributed by atoms with E-state index in [0.29, 0.717) is 44.9 Å². The summed E-state index contributed by atoms with van der Waals surface area (Å²) < 4.78 is 14.7. The molecule has 0 aliphatic carbocycles. The molecule has 1 aromatic heterocycles. The molecule has 0 saturated heterocycles. The van der Waals surface area contributed by atoms with Crippen LogP contribution in [-0.4, -0.2) is 33.6 Å². The first kappa shape index (κ1) is 28.5. The number of hydrogen-bond donors (Lipinski definition) is 1. The van der Waals surface area contributed by atoms with Gasteiger partial charge in [0.05, 0.1) is 29.3 Å². The van der Waals surface area contributed by atoms with E-state index in [4.69, 9.17) is 19.6 Å². The lowest BCUT2D eigenvalue weighted by Crippen LogP contribution is -2.23. The maximum absolute atomic E-state index is 13.4. The van der Waals surface area contributed by atoms with Gasteiger partial charge in [0.25, 0.3) is 5.56 Å². The second kappa shape index (κ2) is 12.6. The van der Waals surface area contributed by atoms with Crippen LogP contribution in [0.3, 0.4) is 0 Å². The fourth-order valence-corrected chi connectivity index (χ4v) is 4.62. The van der Waals surface area contributed by atoms with Crippen LogP contribution in [0.15, 0.2) is 73.4 Å². The van der Waals surface area contributed by atoms with Crippen LogP contribution in [0.1, 0.15) is 60.4 Å². The van der Waals surface area contributed by atoms with Crippen LogP contribution in [0.5, 0.6) is 11.5 Å². The third kappa shape index (κ3) is 6.57. The number of fused-ring (bicyclic) bond motifs is 1. The number of halogens is 2. The maximum atomic E-state index is 13.4. The Morgan fingerprint density at radius 2 is 1.79 bits per heavy atom. The first-order valence-corrected chi connectivity index (χ1v) is 14.0. The van der Waals surface area contributed by atoms with Crippen molar-refractivity contribution in [3.8, 4) is 11.5 Å². The molecule has 1 atom stereocenters. The molecule has 4 rings (SSSR count). The van der Waals surface area contributed by atoms with Gasteiger partial charge in [0.1, 0.15) is 12.4 Å². The first-order valence-electron chi connectivity index (χ1n) is 12.4. The van der Waals surface area contributed by atoms with E-state index in [-0.39, 0.29) is 23.6 Å². The molecular weight excluding hydrogens is 630 g/mol. The molecule has 0 unspecified atom stereocenters. The predicted octanol–water partition coefficient (Wildman–Crippen LogP) is 6.99. The smallest absolute Gasteiger partial charge is 0.335 e. The Balaban J connectivity index is 1.68. The predicted molar refractivity (Wildman–Crippen MR) is 158 cm³/mol. The van der Waals surface area contributed by atoms with Gasteiger partial charge >= 0.3 is 5.97 Å². The fourth-order valence-electron chi connectivity index (χ4n) is 3.83. The highest BCUT2D eigenvalue weighted by Crippen LogP contribution is 2.34. The van der Waals surface area contributed by atoms with Crippen LogP contribution in [-0.2, 0) is 6.61 Å². The number of nitrogens with zero attached hydrogens (tertiary/aromatic N) is 3. The molecule has 0 amide bonds. The summed E-state index contributed by atoms with van der Waals surface area (Å²) in [5, 5.41) is 14.1. The van der Waals surface area contributed by atoms with E-state index in [9.17, 15) is 9.59 Å². The van der Waals surface area contributed by atoms with Gasteiger partial charge in [-0.05, 0) is 77.3 Å². The third-order valence-corrected chi connectivity index (χ3v) is 7.34. The Kier molecular flexibility index (Phi) is 9.19. The highest BCUT2D eigenvalue weighted by Gasteiger charge is 2.16. The number of aromatic carboxylic acids is 1. The topological polar surface area (TPSA) is 103 Å². The molecule has 202 valence electrons. The van der Waals surface area contributed by atoms with Crippen molar-refractivity contribution in [2.24, 2.45) is 5.10 Å². The summed E-state index contributed by atoms with van der Waals surface area (Å²) in [5.74, 6) is 0.652. The monoisotopic (exact) mass is 655 g/mol. The second-order valence-corrected chi connectivity index (χ2v) is 10.6. The molecule has 0 aliphatic rings. The molecule has 8 nitrogen and oxygen atoms in total. The number of carboxylic acids is 1. The average molecular weight is 657 g/mol. The van der Waals surface area contributed by atoms with E-state index in [1.807, 2.05) is 32.9 Å². The molecule has 3 aromatic carbocycles. The number of rotatable bonds is 10. The largest absolute Gasteiger partial charge is 0.490 e. The second-order valence-electron chi connectivity index (χ2n) is 8.85. The molecule has 0 radical (unpaired) electrons. The lowest BCUT2D eigenvalue weighted by Gasteiger charge is -2.15. The lowest BCUT2D eigenvalue weighted by atomic mass is 10.1. The Morgan fingerprint density at radius 3 is 2.46 bits per heavy atom. The highest BCUT2D eigenvalue weighted by atomic mass is 79.9. The summed E-state index contributed by atoms with van der Waals surface area (Å²) in [5.41, 5.74) is 2.10. The van der Waals surface area contributed by atoms with Crippen LogP contribution >= 0.6 is 31.9 Å². The van der Waals surface area contributed by atoms with Gasteiger partial charge in [-0.25, -0.2) is 9.78 Å². The quantitative estimate of drug-likeness (QED) is 0.185. The number of benzene rings is 3. The zero-order valence-electron chi connectivity index (χ0n) is 21.6. The van der Waals surface area contributed by atoms with Crippen LogP contribution in [0.4, 0.5) is 0 Å². The number of aromatic nitrogens is 2. The van der Waals surface area contributed by atoms with Crippen LogP contribution < -0.4 is 15.0 Å². The minimum Gasteiger partial charge on any atom is -0.490 e. The number of hydrogen-bond acceptors (Lipinski definition) is 6. The van der Waals surface area contributed by atoms with Crippen molar-refractivity contribution in [3.05, 3.63) is 96.4 Å². The van der Waals surface area contributed by atoms with Crippen LogP contribution in [0.25, 0.3) is 10.9 Å². The SMILES string of the molecule is CCOc1cc(C=Nn2c([C@@H](C)CC)nc3ccc(Br)cc3c2=O)c(Br)cc1OCc1ccc(C(=O)O)cc1. The van der Waals surface area contributed by atoms with Crippen molar-refractivity contribution in [1.29, 1.82) is 0 Å². The maximum Gasteiger partial charge on any atom is 0.335 e. The van der Waals surface area contributed by atoms with E-state index < -0.39 is 5.97 Å². The summed E-state index contributed by atoms with van der Waals surface area (Å²) in [7, 11) is 0. The molecule has 1 heterocycles. The lowest BCUT2D eigenvalue weighted by molar-refractivity contribution is 0.0697. The van der Waals surface area contributed by atoms with Crippen LogP contribution in [0.2, 0.25) is 0 Å². The van der Waals surface area contributed by atoms with E-state index in [1.165, 1.54) is 16.8 Å². The van der Waals surface area contributed by atoms with E-state index in [2.05, 4.69) is 37.0 Å². The van der Waals surface area contributed by atoms with Crippen molar-refractivity contribution in [1.82, 2.24) is 9.66 Å². The van der Waals surface area contributed by atoms with Crippen molar-refractivity contribution in [3.63, 3.8) is 0 Å². The van der Waals surface area contributed by atoms with Gasteiger partial charge in [0.15, 0.2) is 11.5 Å². The van der Waals surface area contributed by atoms with Crippen molar-refractivity contribution >= 4 is 54.9 Å². The van der Waals surface area contributed by atoms with Gasteiger partial charge in [-0.2, -0.15) is 9.78 Å². The highest BCUT2D eigenvalue weighted by molar-refractivity contribution is 9.10. The Morgan fingerprint density at radius 1 is 1.08 bits per heavy atom. The summed E-state index contributed by atoms with van der Waals surface area (Å²) >= 11 is 7.02. The van der Waals surface area contributed by atoms with Gasteiger partial charge in [-0.3, -0.25) is 4.79 Å². The minimum absolute atomic E-state index is 0.0191. The molecule has 0 fully saturated rings. The molecule has 1 N–H and O–H groups in total. The number of carboxylic acid groups (broad SMARTS) is 1. The standard InChI is InChI=1S/C29H27Br2N3O5/c1-4-17(3)27-33-24-11-10-21(30)13-22(24)28(35)34(27)32-15-20-12-25(38-5-2)26(14-23(20)31)39-16-18-6-8-19(9-7-18)29(36)37/h6-15,17H,4-5,16H2,1-3H3,(H,36,37)/t17-/m0/s1. The third-order valence-electron chi connectivity index (χ3n) is 6.16. The van der Waals surface area contributed by atoms with Gasteiger partial charge in [0.2, 0.25) is 0 Å². The minimum atomic E-state index is -0.979. The van der Waals surface area contributed by atoms with E-state index in [0.717, 1.165) is 16.5 Å².